The summed E-state index contributed by atoms with van der Waals surface area (Å²) >= 11 is 0. The van der Waals surface area contributed by atoms with Crippen LogP contribution in [0.1, 0.15) is 29.4 Å². The predicted molar refractivity (Wildman–Crippen MR) is 69.0 cm³/mol. The smallest absolute Gasteiger partial charge is 0.162 e. The Hall–Kier alpha value is -1.96. The lowest BCUT2D eigenvalue weighted by atomic mass is 10.0. The lowest BCUT2D eigenvalue weighted by molar-refractivity contribution is 0.0988. The molecular formula is C15H15NO. The molecule has 0 saturated heterocycles. The van der Waals surface area contributed by atoms with Crippen molar-refractivity contribution in [2.45, 2.75) is 20.3 Å². The van der Waals surface area contributed by atoms with E-state index in [0.29, 0.717) is 6.42 Å². The van der Waals surface area contributed by atoms with Crippen LogP contribution < -0.4 is 0 Å². The molecule has 0 aliphatic rings. The monoisotopic (exact) mass is 225 g/mol. The summed E-state index contributed by atoms with van der Waals surface area (Å²) in [5.41, 5.74) is 4.02. The molecule has 86 valence electrons. The van der Waals surface area contributed by atoms with Gasteiger partial charge in [0, 0.05) is 23.9 Å². The van der Waals surface area contributed by atoms with Gasteiger partial charge in [-0.2, -0.15) is 0 Å². The van der Waals surface area contributed by atoms with E-state index in [2.05, 4.69) is 4.98 Å². The number of nitrogens with zero attached hydrogens (tertiary/aromatic N) is 1. The standard InChI is InChI=1S/C15H15NO/c1-3-15(17)13-6-4-12(5-7-13)14-8-9-16-11(2)10-14/h4-10H,3H2,1-2H3. The maximum absolute atomic E-state index is 11.5. The maximum Gasteiger partial charge on any atom is 0.162 e. The highest BCUT2D eigenvalue weighted by Crippen LogP contribution is 2.20. The van der Waals surface area contributed by atoms with Gasteiger partial charge in [-0.25, -0.2) is 0 Å². The fourth-order valence-corrected chi connectivity index (χ4v) is 1.78. The molecule has 0 aliphatic heterocycles. The molecule has 17 heavy (non-hydrogen) atoms. The molecule has 0 unspecified atom stereocenters. The number of pyridine rings is 1. The Balaban J connectivity index is 2.32. The Morgan fingerprint density at radius 3 is 2.41 bits per heavy atom. The molecule has 2 aromatic rings. The minimum atomic E-state index is 0.183. The highest BCUT2D eigenvalue weighted by Gasteiger charge is 2.03. The van der Waals surface area contributed by atoms with E-state index in [4.69, 9.17) is 0 Å². The van der Waals surface area contributed by atoms with Crippen LogP contribution in [0.2, 0.25) is 0 Å². The second-order valence-corrected chi connectivity index (χ2v) is 4.04. The first-order chi connectivity index (χ1) is 8.20. The zero-order valence-corrected chi connectivity index (χ0v) is 10.1. The summed E-state index contributed by atoms with van der Waals surface area (Å²) < 4.78 is 0. The zero-order chi connectivity index (χ0) is 12.3. The molecular weight excluding hydrogens is 210 g/mol. The number of Topliss-reactive ketones (excluding diaryl/α,β-unsaturated/α-hetero) is 1. The summed E-state index contributed by atoms with van der Waals surface area (Å²) in [7, 11) is 0. The normalized spacial score (nSPS) is 10.2. The average molecular weight is 225 g/mol. The molecule has 2 rings (SSSR count). The Bertz CT molecular complexity index is 529. The van der Waals surface area contributed by atoms with Crippen molar-refractivity contribution >= 4 is 5.78 Å². The first-order valence-electron chi connectivity index (χ1n) is 5.77. The molecule has 1 aromatic carbocycles. The minimum absolute atomic E-state index is 0.183. The summed E-state index contributed by atoms with van der Waals surface area (Å²) in [6, 6.07) is 11.8. The van der Waals surface area contributed by atoms with Crippen LogP contribution in [0.25, 0.3) is 11.1 Å². The molecule has 0 saturated carbocycles. The second kappa shape index (κ2) is 4.91. The number of hydrogen-bond donors (Lipinski definition) is 0. The van der Waals surface area contributed by atoms with E-state index in [1.165, 1.54) is 0 Å². The Morgan fingerprint density at radius 1 is 1.12 bits per heavy atom. The summed E-state index contributed by atoms with van der Waals surface area (Å²) in [5.74, 6) is 0.183. The fraction of sp³-hybridized carbons (Fsp3) is 0.200. The lowest BCUT2D eigenvalue weighted by Gasteiger charge is -2.04. The van der Waals surface area contributed by atoms with Crippen molar-refractivity contribution in [3.8, 4) is 11.1 Å². The van der Waals surface area contributed by atoms with E-state index in [-0.39, 0.29) is 5.78 Å². The van der Waals surface area contributed by atoms with Crippen molar-refractivity contribution in [3.05, 3.63) is 53.9 Å². The van der Waals surface area contributed by atoms with Crippen LogP contribution in [0.15, 0.2) is 42.6 Å². The van der Waals surface area contributed by atoms with E-state index in [0.717, 1.165) is 22.4 Å². The molecule has 0 aliphatic carbocycles. The molecule has 2 nitrogen and oxygen atoms in total. The maximum atomic E-state index is 11.5. The number of aryl methyl sites for hydroxylation is 1. The van der Waals surface area contributed by atoms with Gasteiger partial charge >= 0.3 is 0 Å². The number of carbonyl (C=O) groups excluding carboxylic acids is 1. The number of carbonyl (C=O) groups is 1. The molecule has 0 spiro atoms. The summed E-state index contributed by atoms with van der Waals surface area (Å²) in [6.45, 7) is 3.85. The third-order valence-electron chi connectivity index (χ3n) is 2.76. The third-order valence-corrected chi connectivity index (χ3v) is 2.76. The van der Waals surface area contributed by atoms with E-state index in [1.807, 2.05) is 50.2 Å². The highest BCUT2D eigenvalue weighted by atomic mass is 16.1. The fourth-order valence-electron chi connectivity index (χ4n) is 1.78. The van der Waals surface area contributed by atoms with E-state index < -0.39 is 0 Å². The average Bonchev–Trinajstić information content (AvgIpc) is 2.38. The number of ketones is 1. The number of hydrogen-bond acceptors (Lipinski definition) is 2. The van der Waals surface area contributed by atoms with Crippen LogP contribution in [0.5, 0.6) is 0 Å². The van der Waals surface area contributed by atoms with E-state index in [1.54, 1.807) is 6.20 Å². The predicted octanol–water partition coefficient (Wildman–Crippen LogP) is 3.65. The Kier molecular flexibility index (Phi) is 3.33. The quantitative estimate of drug-likeness (QED) is 0.746. The summed E-state index contributed by atoms with van der Waals surface area (Å²) in [5, 5.41) is 0. The van der Waals surface area contributed by atoms with Gasteiger partial charge in [-0.15, -0.1) is 0 Å². The largest absolute Gasteiger partial charge is 0.294 e. The number of aromatic nitrogens is 1. The van der Waals surface area contributed by atoms with Gasteiger partial charge in [0.05, 0.1) is 0 Å². The molecule has 0 atom stereocenters. The van der Waals surface area contributed by atoms with Gasteiger partial charge in [0.15, 0.2) is 5.78 Å². The van der Waals surface area contributed by atoms with Crippen molar-refractivity contribution in [2.24, 2.45) is 0 Å². The topological polar surface area (TPSA) is 30.0 Å². The van der Waals surface area contributed by atoms with Crippen LogP contribution >= 0.6 is 0 Å². The van der Waals surface area contributed by atoms with Crippen LogP contribution in [0.4, 0.5) is 0 Å². The molecule has 0 radical (unpaired) electrons. The van der Waals surface area contributed by atoms with Gasteiger partial charge in [0.25, 0.3) is 0 Å². The first kappa shape index (κ1) is 11.5. The molecule has 2 heteroatoms. The zero-order valence-electron chi connectivity index (χ0n) is 10.1. The first-order valence-corrected chi connectivity index (χ1v) is 5.77. The Labute approximate surface area is 101 Å². The highest BCUT2D eigenvalue weighted by molar-refractivity contribution is 5.96. The van der Waals surface area contributed by atoms with Gasteiger partial charge in [0.2, 0.25) is 0 Å². The minimum Gasteiger partial charge on any atom is -0.294 e. The number of benzene rings is 1. The molecule has 0 bridgehead atoms. The van der Waals surface area contributed by atoms with Crippen molar-refractivity contribution in [3.63, 3.8) is 0 Å². The van der Waals surface area contributed by atoms with Crippen LogP contribution in [0, 0.1) is 6.92 Å². The number of rotatable bonds is 3. The van der Waals surface area contributed by atoms with Crippen LogP contribution in [-0.4, -0.2) is 10.8 Å². The third kappa shape index (κ3) is 2.59. The van der Waals surface area contributed by atoms with Crippen molar-refractivity contribution in [1.29, 1.82) is 0 Å². The SMILES string of the molecule is CCC(=O)c1ccc(-c2ccnc(C)c2)cc1. The summed E-state index contributed by atoms with van der Waals surface area (Å²) in [4.78, 5) is 15.7. The van der Waals surface area contributed by atoms with Gasteiger partial charge in [-0.1, -0.05) is 31.2 Å². The van der Waals surface area contributed by atoms with E-state index >= 15 is 0 Å². The molecule has 1 heterocycles. The van der Waals surface area contributed by atoms with Crippen molar-refractivity contribution < 1.29 is 4.79 Å². The molecule has 1 aromatic heterocycles. The van der Waals surface area contributed by atoms with Gasteiger partial charge in [-0.3, -0.25) is 9.78 Å². The van der Waals surface area contributed by atoms with Gasteiger partial charge in [-0.05, 0) is 30.2 Å². The van der Waals surface area contributed by atoms with Crippen molar-refractivity contribution in [2.75, 3.05) is 0 Å². The van der Waals surface area contributed by atoms with Crippen LogP contribution in [0.3, 0.4) is 0 Å². The van der Waals surface area contributed by atoms with Crippen molar-refractivity contribution in [1.82, 2.24) is 4.98 Å². The van der Waals surface area contributed by atoms with Gasteiger partial charge in [0.1, 0.15) is 0 Å². The summed E-state index contributed by atoms with van der Waals surface area (Å²) in [6.07, 6.45) is 2.35. The molecule has 0 fully saturated rings. The Morgan fingerprint density at radius 2 is 1.82 bits per heavy atom. The van der Waals surface area contributed by atoms with Gasteiger partial charge < -0.3 is 0 Å². The molecule has 0 N–H and O–H groups in total. The lowest BCUT2D eigenvalue weighted by Crippen LogP contribution is -1.95. The van der Waals surface area contributed by atoms with Crippen LogP contribution in [-0.2, 0) is 0 Å². The second-order valence-electron chi connectivity index (χ2n) is 4.04. The molecule has 0 amide bonds. The van der Waals surface area contributed by atoms with E-state index in [9.17, 15) is 4.79 Å².